The third kappa shape index (κ3) is 3.96. The minimum absolute atomic E-state index is 0.00267. The van der Waals surface area contributed by atoms with Crippen molar-refractivity contribution in [3.05, 3.63) is 58.3 Å². The van der Waals surface area contributed by atoms with Gasteiger partial charge >= 0.3 is 0 Å². The van der Waals surface area contributed by atoms with Gasteiger partial charge in [0.2, 0.25) is 0 Å². The first kappa shape index (κ1) is 22.2. The number of fused-ring (bicyclic) bond motifs is 1. The molecule has 0 saturated heterocycles. The number of benzene rings is 1. The first-order valence-corrected chi connectivity index (χ1v) is 11.8. The maximum Gasteiger partial charge on any atom is 0.252 e. The lowest BCUT2D eigenvalue weighted by Crippen LogP contribution is -2.44. The lowest BCUT2D eigenvalue weighted by molar-refractivity contribution is 0.363. The molecule has 0 unspecified atom stereocenters. The van der Waals surface area contributed by atoms with Crippen molar-refractivity contribution in [2.45, 2.75) is 56.7 Å². The average molecular weight is 462 g/mol. The van der Waals surface area contributed by atoms with Gasteiger partial charge in [0.25, 0.3) is 5.56 Å². The zero-order valence-corrected chi connectivity index (χ0v) is 19.4. The molecular formula is C26H28FN5O2. The Bertz CT molecular complexity index is 1340. The van der Waals surface area contributed by atoms with Crippen LogP contribution in [0.25, 0.3) is 11.0 Å². The van der Waals surface area contributed by atoms with Crippen molar-refractivity contribution < 1.29 is 9.50 Å². The number of hydrogen-bond acceptors (Lipinski definition) is 6. The summed E-state index contributed by atoms with van der Waals surface area (Å²) in [4.78, 5) is 21.6. The van der Waals surface area contributed by atoms with Gasteiger partial charge in [0.15, 0.2) is 0 Å². The van der Waals surface area contributed by atoms with E-state index in [1.54, 1.807) is 35.9 Å². The zero-order chi connectivity index (χ0) is 24.0. The summed E-state index contributed by atoms with van der Waals surface area (Å²) in [6.07, 6.45) is 5.87. The molecule has 5 rings (SSSR count). The number of halogens is 1. The second-order valence-electron chi connectivity index (χ2n) is 9.45. The van der Waals surface area contributed by atoms with Gasteiger partial charge in [0, 0.05) is 44.4 Å². The van der Waals surface area contributed by atoms with Crippen molar-refractivity contribution in [3.8, 4) is 11.8 Å². The summed E-state index contributed by atoms with van der Waals surface area (Å²) in [5.74, 6) is -0.436. The van der Waals surface area contributed by atoms with E-state index in [0.717, 1.165) is 44.2 Å². The van der Waals surface area contributed by atoms with Crippen molar-refractivity contribution in [1.82, 2.24) is 9.55 Å². The Morgan fingerprint density at radius 3 is 2.29 bits per heavy atom. The fourth-order valence-corrected chi connectivity index (χ4v) is 5.32. The van der Waals surface area contributed by atoms with Gasteiger partial charge in [0.1, 0.15) is 28.8 Å². The number of anilines is 2. The average Bonchev–Trinajstić information content (AvgIpc) is 3.68. The number of phenols is 1. The fraction of sp³-hybridized carbons (Fsp3) is 0.423. The summed E-state index contributed by atoms with van der Waals surface area (Å²) < 4.78 is 15.1. The molecule has 0 atom stereocenters. The van der Waals surface area contributed by atoms with Gasteiger partial charge in [0.05, 0.1) is 16.9 Å². The van der Waals surface area contributed by atoms with Gasteiger partial charge in [-0.25, -0.2) is 9.37 Å². The van der Waals surface area contributed by atoms with E-state index < -0.39 is 5.82 Å². The Morgan fingerprint density at radius 2 is 1.68 bits per heavy atom. The highest BCUT2D eigenvalue weighted by molar-refractivity contribution is 5.88. The molecule has 2 aliphatic carbocycles. The summed E-state index contributed by atoms with van der Waals surface area (Å²) in [6, 6.07) is 12.3. The van der Waals surface area contributed by atoms with E-state index in [-0.39, 0.29) is 23.4 Å². The standard InChI is InChI=1S/C26H28FN5O2/c1-30(23-14-25(34)31(2)22-12-4-17(15-28)29-26(22)23)18-5-7-19(8-6-18)32(20-9-10-20)21-11-3-16(27)13-24(21)33/h3-4,11-14,18-20,33H,5-10H2,1-2H3. The topological polar surface area (TPSA) is 85.4 Å². The second kappa shape index (κ2) is 8.64. The molecule has 2 fully saturated rings. The Morgan fingerprint density at radius 1 is 1.03 bits per heavy atom. The van der Waals surface area contributed by atoms with Crippen LogP contribution in [-0.2, 0) is 7.05 Å². The molecule has 176 valence electrons. The highest BCUT2D eigenvalue weighted by Crippen LogP contribution is 2.42. The molecule has 1 N–H and O–H groups in total. The molecule has 2 saturated carbocycles. The minimum atomic E-state index is -0.434. The molecule has 0 radical (unpaired) electrons. The highest BCUT2D eigenvalue weighted by Gasteiger charge is 2.38. The van der Waals surface area contributed by atoms with Crippen molar-refractivity contribution in [1.29, 1.82) is 5.26 Å². The molecule has 34 heavy (non-hydrogen) atoms. The first-order valence-electron chi connectivity index (χ1n) is 11.8. The molecule has 8 heteroatoms. The van der Waals surface area contributed by atoms with Crippen LogP contribution >= 0.6 is 0 Å². The molecule has 0 bridgehead atoms. The van der Waals surface area contributed by atoms with Crippen LogP contribution in [0.5, 0.6) is 5.75 Å². The molecule has 2 aromatic heterocycles. The molecule has 2 aliphatic rings. The summed E-state index contributed by atoms with van der Waals surface area (Å²) in [5.41, 5.74) is 3.03. The van der Waals surface area contributed by atoms with Crippen LogP contribution in [0.4, 0.5) is 15.8 Å². The predicted octanol–water partition coefficient (Wildman–Crippen LogP) is 4.07. The highest BCUT2D eigenvalue weighted by atomic mass is 19.1. The number of nitriles is 1. The number of pyridine rings is 2. The van der Waals surface area contributed by atoms with Crippen LogP contribution in [0.3, 0.4) is 0 Å². The van der Waals surface area contributed by atoms with Gasteiger partial charge < -0.3 is 19.5 Å². The monoisotopic (exact) mass is 461 g/mol. The molecule has 7 nitrogen and oxygen atoms in total. The van der Waals surface area contributed by atoms with Crippen LogP contribution in [0.1, 0.15) is 44.2 Å². The van der Waals surface area contributed by atoms with Crippen LogP contribution in [0.2, 0.25) is 0 Å². The zero-order valence-electron chi connectivity index (χ0n) is 19.4. The SMILES string of the molecule is CN(c1cc(=O)n(C)c2ccc(C#N)nc12)C1CCC(N(c2ccc(F)cc2O)C2CC2)CC1. The minimum Gasteiger partial charge on any atom is -0.506 e. The molecule has 2 heterocycles. The van der Waals surface area contributed by atoms with Gasteiger partial charge in [-0.15, -0.1) is 0 Å². The van der Waals surface area contributed by atoms with E-state index in [1.807, 2.05) is 7.05 Å². The van der Waals surface area contributed by atoms with Crippen LogP contribution < -0.4 is 15.4 Å². The van der Waals surface area contributed by atoms with E-state index in [0.29, 0.717) is 28.5 Å². The number of phenolic OH excluding ortho intramolecular Hbond substituents is 1. The lowest BCUT2D eigenvalue weighted by Gasteiger charge is -2.41. The summed E-state index contributed by atoms with van der Waals surface area (Å²) in [5, 5.41) is 19.7. The number of aromatic hydroxyl groups is 1. The summed E-state index contributed by atoms with van der Waals surface area (Å²) in [6.45, 7) is 0. The number of nitrogens with zero attached hydrogens (tertiary/aromatic N) is 5. The van der Waals surface area contributed by atoms with E-state index in [2.05, 4.69) is 20.9 Å². The maximum absolute atomic E-state index is 13.6. The van der Waals surface area contributed by atoms with Crippen LogP contribution in [0, 0.1) is 17.1 Å². The third-order valence-electron chi connectivity index (χ3n) is 7.33. The molecular weight excluding hydrogens is 433 g/mol. The van der Waals surface area contributed by atoms with Gasteiger partial charge in [-0.05, 0) is 62.8 Å². The van der Waals surface area contributed by atoms with Gasteiger partial charge in [-0.2, -0.15) is 5.26 Å². The van der Waals surface area contributed by atoms with Gasteiger partial charge in [-0.3, -0.25) is 4.79 Å². The van der Waals surface area contributed by atoms with Crippen LogP contribution in [-0.4, -0.2) is 39.8 Å². The van der Waals surface area contributed by atoms with Crippen molar-refractivity contribution in [2.75, 3.05) is 16.8 Å². The summed E-state index contributed by atoms with van der Waals surface area (Å²) >= 11 is 0. The second-order valence-corrected chi connectivity index (χ2v) is 9.45. The number of aryl methyl sites for hydroxylation is 1. The van der Waals surface area contributed by atoms with Crippen LogP contribution in [0.15, 0.2) is 41.2 Å². The fourth-order valence-electron chi connectivity index (χ4n) is 5.32. The number of aromatic nitrogens is 2. The van der Waals surface area contributed by atoms with E-state index in [4.69, 9.17) is 0 Å². The molecule has 0 aliphatic heterocycles. The summed E-state index contributed by atoms with van der Waals surface area (Å²) in [7, 11) is 3.70. The Balaban J connectivity index is 1.39. The van der Waals surface area contributed by atoms with Crippen molar-refractivity contribution >= 4 is 22.4 Å². The Kier molecular flexibility index (Phi) is 5.64. The maximum atomic E-state index is 13.6. The number of hydrogen-bond donors (Lipinski definition) is 1. The first-order chi connectivity index (χ1) is 16.4. The molecule has 0 amide bonds. The molecule has 3 aromatic rings. The van der Waals surface area contributed by atoms with Crippen molar-refractivity contribution in [3.63, 3.8) is 0 Å². The van der Waals surface area contributed by atoms with E-state index >= 15 is 0 Å². The van der Waals surface area contributed by atoms with Crippen molar-refractivity contribution in [2.24, 2.45) is 7.05 Å². The largest absolute Gasteiger partial charge is 0.506 e. The Labute approximate surface area is 197 Å². The third-order valence-corrected chi connectivity index (χ3v) is 7.33. The molecule has 0 spiro atoms. The van der Waals surface area contributed by atoms with Gasteiger partial charge in [-0.1, -0.05) is 0 Å². The lowest BCUT2D eigenvalue weighted by atomic mass is 9.88. The Hall–Kier alpha value is -3.60. The van der Waals surface area contributed by atoms with E-state index in [9.17, 15) is 19.6 Å². The van der Waals surface area contributed by atoms with E-state index in [1.165, 1.54) is 12.1 Å². The smallest absolute Gasteiger partial charge is 0.252 e. The number of rotatable bonds is 5. The predicted molar refractivity (Wildman–Crippen MR) is 130 cm³/mol. The molecule has 1 aromatic carbocycles. The quantitative estimate of drug-likeness (QED) is 0.617. The normalized spacial score (nSPS) is 20.2.